The molecule has 0 N–H and O–H groups in total. The first-order valence-corrected chi connectivity index (χ1v) is 6.73. The van der Waals surface area contributed by atoms with Gasteiger partial charge in [0.15, 0.2) is 0 Å². The SMILES string of the molecule is [Ti][CH](C=CCc1ccccc1)c1ccccc1. The molecule has 2 aromatic carbocycles. The minimum absolute atomic E-state index is 0.486. The molecule has 0 saturated carbocycles. The Morgan fingerprint density at radius 2 is 1.47 bits per heavy atom. The number of hydrogen-bond donors (Lipinski definition) is 0. The third-order valence-electron chi connectivity index (χ3n) is 2.68. The topological polar surface area (TPSA) is 0 Å². The van der Waals surface area contributed by atoms with E-state index in [2.05, 4.69) is 93.3 Å². The summed E-state index contributed by atoms with van der Waals surface area (Å²) >= 11 is 2.23. The van der Waals surface area contributed by atoms with E-state index in [1.54, 1.807) is 0 Å². The molecule has 0 spiro atoms. The Labute approximate surface area is 115 Å². The van der Waals surface area contributed by atoms with Gasteiger partial charge in [0.2, 0.25) is 0 Å². The van der Waals surface area contributed by atoms with Gasteiger partial charge in [0.25, 0.3) is 0 Å². The molecule has 0 radical (unpaired) electrons. The third kappa shape index (κ3) is 4.00. The summed E-state index contributed by atoms with van der Waals surface area (Å²) in [5, 5.41) is 0. The van der Waals surface area contributed by atoms with E-state index in [1.165, 1.54) is 11.1 Å². The Kier molecular flexibility index (Phi) is 4.79. The van der Waals surface area contributed by atoms with Crippen molar-refractivity contribution in [2.24, 2.45) is 0 Å². The van der Waals surface area contributed by atoms with Crippen LogP contribution < -0.4 is 0 Å². The molecule has 1 heteroatoms. The zero-order valence-electron chi connectivity index (χ0n) is 9.71. The number of benzene rings is 2. The fourth-order valence-corrected chi connectivity index (χ4v) is 2.24. The monoisotopic (exact) mass is 255 g/mol. The van der Waals surface area contributed by atoms with Crippen molar-refractivity contribution in [1.82, 2.24) is 0 Å². The molecule has 1 atom stereocenters. The van der Waals surface area contributed by atoms with E-state index < -0.39 is 0 Å². The van der Waals surface area contributed by atoms with E-state index in [-0.39, 0.29) is 0 Å². The summed E-state index contributed by atoms with van der Waals surface area (Å²) in [6.07, 6.45) is 5.55. The van der Waals surface area contributed by atoms with Gasteiger partial charge in [-0.2, -0.15) is 0 Å². The van der Waals surface area contributed by atoms with Crippen molar-refractivity contribution >= 4 is 0 Å². The van der Waals surface area contributed by atoms with Crippen LogP contribution >= 0.6 is 0 Å². The van der Waals surface area contributed by atoms with Gasteiger partial charge >= 0.3 is 115 Å². The maximum absolute atomic E-state index is 2.28. The normalized spacial score (nSPS) is 12.6. The Bertz CT molecular complexity index is 459. The van der Waals surface area contributed by atoms with Crippen LogP contribution in [-0.4, -0.2) is 0 Å². The van der Waals surface area contributed by atoms with Crippen molar-refractivity contribution in [3.05, 3.63) is 83.9 Å². The summed E-state index contributed by atoms with van der Waals surface area (Å²) in [6, 6.07) is 21.2. The molecule has 2 rings (SSSR count). The van der Waals surface area contributed by atoms with Crippen LogP contribution in [0.15, 0.2) is 72.8 Å². The Balaban J connectivity index is 1.93. The fourth-order valence-electron chi connectivity index (χ4n) is 1.73. The summed E-state index contributed by atoms with van der Waals surface area (Å²) < 4.78 is 0.486. The van der Waals surface area contributed by atoms with Crippen molar-refractivity contribution < 1.29 is 20.4 Å². The van der Waals surface area contributed by atoms with Crippen LogP contribution in [-0.2, 0) is 26.9 Å². The van der Waals surface area contributed by atoms with Crippen LogP contribution in [0.5, 0.6) is 0 Å². The van der Waals surface area contributed by atoms with Crippen molar-refractivity contribution in [2.45, 2.75) is 10.6 Å². The van der Waals surface area contributed by atoms with Crippen LogP contribution in [0.1, 0.15) is 15.3 Å². The van der Waals surface area contributed by atoms with Crippen molar-refractivity contribution in [3.8, 4) is 0 Å². The van der Waals surface area contributed by atoms with Crippen molar-refractivity contribution in [1.29, 1.82) is 0 Å². The molecule has 17 heavy (non-hydrogen) atoms. The summed E-state index contributed by atoms with van der Waals surface area (Å²) in [5.74, 6) is 0. The molecule has 0 fully saturated rings. The molecule has 0 aromatic heterocycles. The van der Waals surface area contributed by atoms with Gasteiger partial charge in [0.1, 0.15) is 0 Å². The number of rotatable bonds is 4. The van der Waals surface area contributed by atoms with Crippen LogP contribution in [0.2, 0.25) is 0 Å². The number of hydrogen-bond acceptors (Lipinski definition) is 0. The second-order valence-electron chi connectivity index (χ2n) is 4.01. The van der Waals surface area contributed by atoms with E-state index in [0.29, 0.717) is 4.22 Å². The quantitative estimate of drug-likeness (QED) is 0.570. The van der Waals surface area contributed by atoms with E-state index in [0.717, 1.165) is 6.42 Å². The Morgan fingerprint density at radius 3 is 2.12 bits per heavy atom. The number of allylic oxidation sites excluding steroid dienone is 2. The van der Waals surface area contributed by atoms with Gasteiger partial charge in [-0.1, -0.05) is 0 Å². The molecule has 0 aliphatic rings. The summed E-state index contributed by atoms with van der Waals surface area (Å²) in [6.45, 7) is 0. The zero-order valence-corrected chi connectivity index (χ0v) is 11.3. The van der Waals surface area contributed by atoms with Crippen LogP contribution in [0, 0.1) is 0 Å². The summed E-state index contributed by atoms with van der Waals surface area (Å²) in [5.41, 5.74) is 2.74. The molecule has 0 nitrogen and oxygen atoms in total. The molecule has 0 bridgehead atoms. The first-order chi connectivity index (χ1) is 8.36. The van der Waals surface area contributed by atoms with Crippen LogP contribution in [0.25, 0.3) is 0 Å². The third-order valence-corrected chi connectivity index (χ3v) is 3.50. The minimum atomic E-state index is 0.486. The molecule has 0 aliphatic carbocycles. The van der Waals surface area contributed by atoms with E-state index in [9.17, 15) is 0 Å². The molecule has 0 aliphatic heterocycles. The summed E-state index contributed by atoms with van der Waals surface area (Å²) in [7, 11) is 0. The predicted octanol–water partition coefficient (Wildman–Crippen LogP) is 4.07. The van der Waals surface area contributed by atoms with Gasteiger partial charge < -0.3 is 0 Å². The Hall–Kier alpha value is -1.11. The van der Waals surface area contributed by atoms with Gasteiger partial charge in [-0.25, -0.2) is 0 Å². The molecule has 0 saturated heterocycles. The standard InChI is InChI=1S/C16H15.Ti/c1-3-9-15(10-4-1)13-7-8-14-16-11-5-2-6-12-16;/h1-13H,14H2;. The molecule has 0 amide bonds. The molecule has 1 unspecified atom stereocenters. The average Bonchev–Trinajstić information content (AvgIpc) is 2.41. The second-order valence-corrected chi connectivity index (χ2v) is 4.98. The average molecular weight is 255 g/mol. The second kappa shape index (κ2) is 6.59. The van der Waals surface area contributed by atoms with Gasteiger partial charge in [-0.05, 0) is 0 Å². The predicted molar refractivity (Wildman–Crippen MR) is 68.5 cm³/mol. The van der Waals surface area contributed by atoms with Crippen molar-refractivity contribution in [3.63, 3.8) is 0 Å². The first-order valence-electron chi connectivity index (χ1n) is 5.83. The van der Waals surface area contributed by atoms with Crippen molar-refractivity contribution in [2.75, 3.05) is 0 Å². The molecule has 2 aromatic rings. The zero-order chi connectivity index (χ0) is 11.9. The first kappa shape index (κ1) is 12.4. The van der Waals surface area contributed by atoms with Crippen LogP contribution in [0.4, 0.5) is 0 Å². The molecule has 83 valence electrons. The van der Waals surface area contributed by atoms with Crippen LogP contribution in [0.3, 0.4) is 0 Å². The van der Waals surface area contributed by atoms with Gasteiger partial charge in [-0.3, -0.25) is 0 Å². The summed E-state index contributed by atoms with van der Waals surface area (Å²) in [4.78, 5) is 0. The van der Waals surface area contributed by atoms with E-state index in [4.69, 9.17) is 0 Å². The van der Waals surface area contributed by atoms with Gasteiger partial charge in [-0.15, -0.1) is 0 Å². The van der Waals surface area contributed by atoms with Gasteiger partial charge in [0.05, 0.1) is 0 Å². The van der Waals surface area contributed by atoms with E-state index >= 15 is 0 Å². The Morgan fingerprint density at radius 1 is 0.882 bits per heavy atom. The molecular formula is C16H15Ti. The molecule has 0 heterocycles. The maximum atomic E-state index is 2.28. The molecular weight excluding hydrogens is 240 g/mol. The van der Waals surface area contributed by atoms with E-state index in [1.807, 2.05) is 0 Å². The van der Waals surface area contributed by atoms with Gasteiger partial charge in [0, 0.05) is 0 Å². The fraction of sp³-hybridized carbons (Fsp3) is 0.125.